The third-order valence-corrected chi connectivity index (χ3v) is 4.37. The lowest BCUT2D eigenvalue weighted by molar-refractivity contribution is 0.102. The summed E-state index contributed by atoms with van der Waals surface area (Å²) >= 11 is 6.01. The number of rotatable bonds is 6. The molecule has 7 heteroatoms. The predicted molar refractivity (Wildman–Crippen MR) is 112 cm³/mol. The van der Waals surface area contributed by atoms with Gasteiger partial charge in [0.15, 0.2) is 0 Å². The van der Waals surface area contributed by atoms with Crippen LogP contribution >= 0.6 is 11.6 Å². The molecule has 2 aromatic carbocycles. The van der Waals surface area contributed by atoms with Gasteiger partial charge in [-0.15, -0.1) is 0 Å². The Labute approximate surface area is 168 Å². The van der Waals surface area contributed by atoms with Gasteiger partial charge in [0, 0.05) is 16.9 Å². The molecule has 0 radical (unpaired) electrons. The molecule has 28 heavy (non-hydrogen) atoms. The van der Waals surface area contributed by atoms with E-state index in [1.807, 2.05) is 12.1 Å². The Morgan fingerprint density at radius 3 is 2.54 bits per heavy atom. The molecule has 0 fully saturated rings. The minimum Gasteiger partial charge on any atom is -0.495 e. The Bertz CT molecular complexity index is 974. The van der Waals surface area contributed by atoms with Crippen LogP contribution in [0.4, 0.5) is 17.3 Å². The van der Waals surface area contributed by atoms with Gasteiger partial charge in [-0.2, -0.15) is 0 Å². The summed E-state index contributed by atoms with van der Waals surface area (Å²) in [6.45, 7) is 4.28. The highest BCUT2D eigenvalue weighted by Crippen LogP contribution is 2.28. The molecule has 0 bridgehead atoms. The second kappa shape index (κ2) is 8.71. The number of nitrogens with one attached hydrogen (secondary N) is 2. The van der Waals surface area contributed by atoms with Gasteiger partial charge in [-0.1, -0.05) is 37.6 Å². The van der Waals surface area contributed by atoms with Crippen LogP contribution in [0.5, 0.6) is 5.75 Å². The predicted octanol–water partition coefficient (Wildman–Crippen LogP) is 5.26. The highest BCUT2D eigenvalue weighted by molar-refractivity contribution is 6.31. The molecule has 6 nitrogen and oxygen atoms in total. The van der Waals surface area contributed by atoms with Gasteiger partial charge in [-0.3, -0.25) is 4.79 Å². The standard InChI is InChI=1S/C21H21ClN4O2/c1-13(2)14-4-7-16(8-5-14)24-21-23-11-10-17(26-21)20(27)25-18-12-15(22)6-9-19(18)28-3/h4-13H,1-3H3,(H,25,27)(H,23,24,26). The number of benzene rings is 2. The summed E-state index contributed by atoms with van der Waals surface area (Å²) in [6, 6.07) is 14.6. The van der Waals surface area contributed by atoms with Gasteiger partial charge >= 0.3 is 0 Å². The molecule has 0 unspecified atom stereocenters. The Kier molecular flexibility index (Phi) is 6.11. The Balaban J connectivity index is 1.75. The van der Waals surface area contributed by atoms with Crippen molar-refractivity contribution in [3.8, 4) is 5.75 Å². The van der Waals surface area contributed by atoms with Crippen molar-refractivity contribution < 1.29 is 9.53 Å². The number of aromatic nitrogens is 2. The SMILES string of the molecule is COc1ccc(Cl)cc1NC(=O)c1ccnc(Nc2ccc(C(C)C)cc2)n1. The van der Waals surface area contributed by atoms with E-state index in [9.17, 15) is 4.79 Å². The van der Waals surface area contributed by atoms with Crippen LogP contribution in [0, 0.1) is 0 Å². The van der Waals surface area contributed by atoms with Gasteiger partial charge in [-0.05, 0) is 47.9 Å². The van der Waals surface area contributed by atoms with Gasteiger partial charge in [0.1, 0.15) is 11.4 Å². The fraction of sp³-hybridized carbons (Fsp3) is 0.190. The van der Waals surface area contributed by atoms with Gasteiger partial charge in [-0.25, -0.2) is 9.97 Å². The van der Waals surface area contributed by atoms with E-state index in [2.05, 4.69) is 46.6 Å². The summed E-state index contributed by atoms with van der Waals surface area (Å²) in [4.78, 5) is 21.1. The molecule has 1 aromatic heterocycles. The monoisotopic (exact) mass is 396 g/mol. The van der Waals surface area contributed by atoms with E-state index in [1.54, 1.807) is 24.3 Å². The number of hydrogen-bond acceptors (Lipinski definition) is 5. The molecule has 0 saturated heterocycles. The first-order valence-electron chi connectivity index (χ1n) is 8.81. The second-order valence-electron chi connectivity index (χ2n) is 6.47. The van der Waals surface area contributed by atoms with E-state index in [1.165, 1.54) is 18.9 Å². The fourth-order valence-electron chi connectivity index (χ4n) is 2.59. The molecule has 2 N–H and O–H groups in total. The van der Waals surface area contributed by atoms with Gasteiger partial charge in [0.25, 0.3) is 5.91 Å². The van der Waals surface area contributed by atoms with Crippen molar-refractivity contribution in [1.82, 2.24) is 9.97 Å². The molecule has 1 amide bonds. The highest BCUT2D eigenvalue weighted by atomic mass is 35.5. The van der Waals surface area contributed by atoms with Crippen LogP contribution in [0.2, 0.25) is 5.02 Å². The third-order valence-electron chi connectivity index (χ3n) is 4.13. The van der Waals surface area contributed by atoms with Gasteiger partial charge in [0.05, 0.1) is 12.8 Å². The first-order valence-corrected chi connectivity index (χ1v) is 9.19. The molecule has 0 aliphatic heterocycles. The smallest absolute Gasteiger partial charge is 0.274 e. The first kappa shape index (κ1) is 19.6. The van der Waals surface area contributed by atoms with Crippen molar-refractivity contribution in [2.45, 2.75) is 19.8 Å². The summed E-state index contributed by atoms with van der Waals surface area (Å²) < 4.78 is 5.25. The van der Waals surface area contributed by atoms with E-state index >= 15 is 0 Å². The zero-order valence-corrected chi connectivity index (χ0v) is 16.6. The number of amides is 1. The normalized spacial score (nSPS) is 10.6. The summed E-state index contributed by atoms with van der Waals surface area (Å²) in [7, 11) is 1.52. The van der Waals surface area contributed by atoms with Crippen LogP contribution in [0.1, 0.15) is 35.8 Å². The molecule has 0 atom stereocenters. The van der Waals surface area contributed by atoms with Crippen LogP contribution in [0.15, 0.2) is 54.7 Å². The number of carbonyl (C=O) groups excluding carboxylic acids is 1. The van der Waals surface area contributed by atoms with Crippen molar-refractivity contribution in [3.05, 3.63) is 71.0 Å². The number of nitrogens with zero attached hydrogens (tertiary/aromatic N) is 2. The van der Waals surface area contributed by atoms with Crippen LogP contribution in [-0.4, -0.2) is 23.0 Å². The average molecular weight is 397 g/mol. The maximum atomic E-state index is 12.6. The molecule has 144 valence electrons. The Morgan fingerprint density at radius 1 is 1.11 bits per heavy atom. The zero-order valence-electron chi connectivity index (χ0n) is 15.9. The lowest BCUT2D eigenvalue weighted by Gasteiger charge is -2.11. The van der Waals surface area contributed by atoms with Crippen molar-refractivity contribution in [2.75, 3.05) is 17.7 Å². The fourth-order valence-corrected chi connectivity index (χ4v) is 2.76. The van der Waals surface area contributed by atoms with E-state index in [0.29, 0.717) is 28.3 Å². The van der Waals surface area contributed by atoms with Crippen molar-refractivity contribution >= 4 is 34.8 Å². The zero-order chi connectivity index (χ0) is 20.1. The maximum Gasteiger partial charge on any atom is 0.274 e. The molecule has 0 aliphatic rings. The minimum absolute atomic E-state index is 0.221. The Hall–Kier alpha value is -3.12. The summed E-state index contributed by atoms with van der Waals surface area (Å²) in [6.07, 6.45) is 1.53. The first-order chi connectivity index (χ1) is 13.5. The number of halogens is 1. The number of anilines is 3. The second-order valence-corrected chi connectivity index (χ2v) is 6.90. The van der Waals surface area contributed by atoms with E-state index < -0.39 is 0 Å². The van der Waals surface area contributed by atoms with E-state index in [-0.39, 0.29) is 11.6 Å². The van der Waals surface area contributed by atoms with Crippen molar-refractivity contribution in [2.24, 2.45) is 0 Å². The number of ether oxygens (including phenoxy) is 1. The van der Waals surface area contributed by atoms with Crippen LogP contribution < -0.4 is 15.4 Å². The molecule has 3 aromatic rings. The molecule has 3 rings (SSSR count). The van der Waals surface area contributed by atoms with E-state index in [4.69, 9.17) is 16.3 Å². The largest absolute Gasteiger partial charge is 0.495 e. The molecule has 0 saturated carbocycles. The molecule has 1 heterocycles. The van der Waals surface area contributed by atoms with Crippen LogP contribution in [0.3, 0.4) is 0 Å². The molecule has 0 spiro atoms. The van der Waals surface area contributed by atoms with Crippen molar-refractivity contribution in [3.63, 3.8) is 0 Å². The Morgan fingerprint density at radius 2 is 1.86 bits per heavy atom. The quantitative estimate of drug-likeness (QED) is 0.594. The van der Waals surface area contributed by atoms with Crippen LogP contribution in [0.25, 0.3) is 0 Å². The maximum absolute atomic E-state index is 12.6. The van der Waals surface area contributed by atoms with Crippen LogP contribution in [-0.2, 0) is 0 Å². The van der Waals surface area contributed by atoms with E-state index in [0.717, 1.165) is 5.69 Å². The molecular weight excluding hydrogens is 376 g/mol. The molecular formula is C21H21ClN4O2. The number of carbonyl (C=O) groups is 1. The topological polar surface area (TPSA) is 76.1 Å². The molecule has 0 aliphatic carbocycles. The highest BCUT2D eigenvalue weighted by Gasteiger charge is 2.13. The van der Waals surface area contributed by atoms with Gasteiger partial charge in [0.2, 0.25) is 5.95 Å². The number of hydrogen-bond donors (Lipinski definition) is 2. The lowest BCUT2D eigenvalue weighted by Crippen LogP contribution is -2.15. The lowest BCUT2D eigenvalue weighted by atomic mass is 10.0. The summed E-state index contributed by atoms with van der Waals surface area (Å²) in [5.74, 6) is 0.917. The summed E-state index contributed by atoms with van der Waals surface area (Å²) in [5.41, 5.74) is 2.78. The summed E-state index contributed by atoms with van der Waals surface area (Å²) in [5, 5.41) is 6.37. The minimum atomic E-state index is -0.388. The third kappa shape index (κ3) is 4.78. The van der Waals surface area contributed by atoms with Crippen molar-refractivity contribution in [1.29, 1.82) is 0 Å². The number of methoxy groups -OCH3 is 1. The average Bonchev–Trinajstić information content (AvgIpc) is 2.69. The van der Waals surface area contributed by atoms with Gasteiger partial charge < -0.3 is 15.4 Å².